The molecule has 0 spiro atoms. The van der Waals surface area contributed by atoms with E-state index in [2.05, 4.69) is 16.4 Å². The van der Waals surface area contributed by atoms with E-state index in [9.17, 15) is 4.79 Å². The number of aromatic nitrogens is 1. The summed E-state index contributed by atoms with van der Waals surface area (Å²) in [6.45, 7) is 3.58. The second-order valence-electron chi connectivity index (χ2n) is 3.77. The van der Waals surface area contributed by atoms with Crippen molar-refractivity contribution < 1.29 is 4.79 Å². The summed E-state index contributed by atoms with van der Waals surface area (Å²) in [4.78, 5) is 15.6. The number of carbonyl (C=O) groups is 1. The lowest BCUT2D eigenvalue weighted by Gasteiger charge is -2.15. The van der Waals surface area contributed by atoms with E-state index >= 15 is 0 Å². The van der Waals surface area contributed by atoms with Crippen molar-refractivity contribution in [3.05, 3.63) is 23.4 Å². The molecule has 2 rings (SSSR count). The molecule has 0 saturated carbocycles. The highest BCUT2D eigenvalue weighted by Gasteiger charge is 2.41. The Kier molecular flexibility index (Phi) is 1.58. The van der Waals surface area contributed by atoms with E-state index < -0.39 is 5.41 Å². The Labute approximate surface area is 81.6 Å². The van der Waals surface area contributed by atoms with Gasteiger partial charge < -0.3 is 5.32 Å². The van der Waals surface area contributed by atoms with E-state index in [1.54, 1.807) is 19.9 Å². The first-order valence-corrected chi connectivity index (χ1v) is 4.28. The second-order valence-corrected chi connectivity index (χ2v) is 3.77. The van der Waals surface area contributed by atoms with Gasteiger partial charge in [-0.05, 0) is 19.9 Å². The van der Waals surface area contributed by atoms with Crippen LogP contribution in [0.5, 0.6) is 0 Å². The van der Waals surface area contributed by atoms with E-state index in [1.807, 2.05) is 0 Å². The highest BCUT2D eigenvalue weighted by atomic mass is 16.2. The van der Waals surface area contributed by atoms with Gasteiger partial charge >= 0.3 is 0 Å². The fourth-order valence-corrected chi connectivity index (χ4v) is 1.66. The first kappa shape index (κ1) is 8.70. The van der Waals surface area contributed by atoms with Crippen molar-refractivity contribution in [2.24, 2.45) is 0 Å². The normalized spacial score (nSPS) is 17.1. The maximum atomic E-state index is 11.6. The topological polar surface area (TPSA) is 65.8 Å². The molecule has 4 nitrogen and oxygen atoms in total. The summed E-state index contributed by atoms with van der Waals surface area (Å²) in [7, 11) is 0. The molecule has 2 heterocycles. The second kappa shape index (κ2) is 2.55. The number of hydrogen-bond donors (Lipinski definition) is 1. The predicted molar refractivity (Wildman–Crippen MR) is 50.6 cm³/mol. The number of hydrogen-bond acceptors (Lipinski definition) is 3. The third-order valence-corrected chi connectivity index (χ3v) is 2.50. The molecule has 0 fully saturated rings. The minimum absolute atomic E-state index is 0.109. The average Bonchev–Trinajstić information content (AvgIpc) is 2.38. The van der Waals surface area contributed by atoms with Gasteiger partial charge in [-0.15, -0.1) is 0 Å². The smallest absolute Gasteiger partial charge is 0.235 e. The lowest BCUT2D eigenvalue weighted by molar-refractivity contribution is -0.119. The van der Waals surface area contributed by atoms with Crippen LogP contribution in [0.1, 0.15) is 25.0 Å². The van der Waals surface area contributed by atoms with E-state index in [0.717, 1.165) is 0 Å². The Balaban J connectivity index is 2.74. The number of amides is 1. The van der Waals surface area contributed by atoms with Crippen LogP contribution < -0.4 is 5.32 Å². The predicted octanol–water partition coefficient (Wildman–Crippen LogP) is 1.18. The molecule has 1 aliphatic rings. The summed E-state index contributed by atoms with van der Waals surface area (Å²) in [5.41, 5.74) is 0.556. The molecule has 4 heteroatoms. The summed E-state index contributed by atoms with van der Waals surface area (Å²) in [5, 5.41) is 11.6. The highest BCUT2D eigenvalue weighted by molar-refractivity contribution is 6.05. The first-order valence-electron chi connectivity index (χ1n) is 4.28. The molecule has 70 valence electrons. The molecule has 0 bridgehead atoms. The molecule has 1 aliphatic heterocycles. The molecule has 14 heavy (non-hydrogen) atoms. The molecule has 0 aromatic carbocycles. The quantitative estimate of drug-likeness (QED) is 0.663. The van der Waals surface area contributed by atoms with Crippen molar-refractivity contribution in [1.82, 2.24) is 4.98 Å². The average molecular weight is 187 g/mol. The van der Waals surface area contributed by atoms with Gasteiger partial charge in [0.15, 0.2) is 0 Å². The standard InChI is InChI=1S/C10H9N3O/c1-10(2)7-6(5-11)3-4-12-8(7)13-9(10)14/h3-4H,1-2H3,(H,12,13,14). The molecule has 0 atom stereocenters. The van der Waals surface area contributed by atoms with Crippen molar-refractivity contribution in [2.45, 2.75) is 19.3 Å². The molecule has 1 N–H and O–H groups in total. The van der Waals surface area contributed by atoms with Gasteiger partial charge in [0.1, 0.15) is 5.82 Å². The highest BCUT2D eigenvalue weighted by Crippen LogP contribution is 2.37. The molecule has 1 amide bonds. The van der Waals surface area contributed by atoms with Crippen LogP contribution in [0, 0.1) is 11.3 Å². The third-order valence-electron chi connectivity index (χ3n) is 2.50. The van der Waals surface area contributed by atoms with Crippen molar-refractivity contribution in [3.8, 4) is 6.07 Å². The Morgan fingerprint density at radius 2 is 2.29 bits per heavy atom. The zero-order valence-electron chi connectivity index (χ0n) is 7.96. The number of nitriles is 1. The van der Waals surface area contributed by atoms with Crippen molar-refractivity contribution in [1.29, 1.82) is 5.26 Å². The maximum absolute atomic E-state index is 11.6. The number of pyridine rings is 1. The van der Waals surface area contributed by atoms with E-state index in [1.165, 1.54) is 6.20 Å². The molecule has 1 aromatic heterocycles. The zero-order valence-corrected chi connectivity index (χ0v) is 7.96. The SMILES string of the molecule is CC1(C)C(=O)Nc2nccc(C#N)c21. The van der Waals surface area contributed by atoms with Crippen LogP contribution in [-0.2, 0) is 10.2 Å². The van der Waals surface area contributed by atoms with Crippen LogP contribution in [0.15, 0.2) is 12.3 Å². The van der Waals surface area contributed by atoms with E-state index in [4.69, 9.17) is 5.26 Å². The lowest BCUT2D eigenvalue weighted by atomic mass is 9.84. The Morgan fingerprint density at radius 3 is 2.93 bits per heavy atom. The van der Waals surface area contributed by atoms with Crippen molar-refractivity contribution in [2.75, 3.05) is 5.32 Å². The fraction of sp³-hybridized carbons (Fsp3) is 0.300. The molecule has 0 saturated heterocycles. The van der Waals surface area contributed by atoms with Crippen LogP contribution in [0.2, 0.25) is 0 Å². The molecular formula is C10H9N3O. The number of fused-ring (bicyclic) bond motifs is 1. The minimum atomic E-state index is -0.658. The lowest BCUT2D eigenvalue weighted by Crippen LogP contribution is -2.27. The summed E-state index contributed by atoms with van der Waals surface area (Å²) in [5.74, 6) is 0.404. The molecular weight excluding hydrogens is 178 g/mol. The van der Waals surface area contributed by atoms with Crippen LogP contribution in [0.4, 0.5) is 5.82 Å². The van der Waals surface area contributed by atoms with Crippen LogP contribution in [0.25, 0.3) is 0 Å². The number of anilines is 1. The Bertz CT molecular complexity index is 457. The molecule has 0 aliphatic carbocycles. The fourth-order valence-electron chi connectivity index (χ4n) is 1.66. The van der Waals surface area contributed by atoms with Crippen LogP contribution in [0.3, 0.4) is 0 Å². The van der Waals surface area contributed by atoms with Crippen LogP contribution in [-0.4, -0.2) is 10.9 Å². The van der Waals surface area contributed by atoms with E-state index in [-0.39, 0.29) is 5.91 Å². The van der Waals surface area contributed by atoms with Crippen molar-refractivity contribution >= 4 is 11.7 Å². The monoisotopic (exact) mass is 187 g/mol. The van der Waals surface area contributed by atoms with Gasteiger partial charge in [0.05, 0.1) is 17.0 Å². The van der Waals surface area contributed by atoms with Crippen LogP contribution >= 0.6 is 0 Å². The summed E-state index contributed by atoms with van der Waals surface area (Å²) < 4.78 is 0. The van der Waals surface area contributed by atoms with Gasteiger partial charge in [0, 0.05) is 11.8 Å². The molecule has 1 aromatic rings. The molecule has 0 radical (unpaired) electrons. The van der Waals surface area contributed by atoms with Gasteiger partial charge in [0.25, 0.3) is 0 Å². The van der Waals surface area contributed by atoms with E-state index in [0.29, 0.717) is 16.9 Å². The number of nitrogens with zero attached hydrogens (tertiary/aromatic N) is 2. The van der Waals surface area contributed by atoms with Gasteiger partial charge in [-0.2, -0.15) is 5.26 Å². The Hall–Kier alpha value is -1.89. The van der Waals surface area contributed by atoms with Gasteiger partial charge in [-0.3, -0.25) is 4.79 Å². The van der Waals surface area contributed by atoms with Gasteiger partial charge in [-0.25, -0.2) is 4.98 Å². The van der Waals surface area contributed by atoms with Gasteiger partial charge in [0.2, 0.25) is 5.91 Å². The van der Waals surface area contributed by atoms with Crippen molar-refractivity contribution in [3.63, 3.8) is 0 Å². The zero-order chi connectivity index (χ0) is 10.3. The largest absolute Gasteiger partial charge is 0.310 e. The number of carbonyl (C=O) groups excluding carboxylic acids is 1. The number of rotatable bonds is 0. The number of nitrogens with one attached hydrogen (secondary N) is 1. The summed E-state index contributed by atoms with van der Waals surface area (Å²) >= 11 is 0. The minimum Gasteiger partial charge on any atom is -0.310 e. The first-order chi connectivity index (χ1) is 6.57. The summed E-state index contributed by atoms with van der Waals surface area (Å²) in [6, 6.07) is 3.70. The molecule has 0 unspecified atom stereocenters. The third kappa shape index (κ3) is 0.925. The Morgan fingerprint density at radius 1 is 1.57 bits per heavy atom. The maximum Gasteiger partial charge on any atom is 0.235 e. The summed E-state index contributed by atoms with van der Waals surface area (Å²) in [6.07, 6.45) is 1.53. The van der Waals surface area contributed by atoms with Gasteiger partial charge in [-0.1, -0.05) is 0 Å².